The van der Waals surface area contributed by atoms with Crippen molar-refractivity contribution in [1.29, 1.82) is 0 Å². The second kappa shape index (κ2) is 3.17. The maximum atomic E-state index is 11.0. The molecule has 1 aliphatic rings. The molecule has 0 saturated heterocycles. The quantitative estimate of drug-likeness (QED) is 0.811. The number of benzene rings is 2. The number of primary amides is 1. The lowest BCUT2D eigenvalue weighted by Gasteiger charge is -2.01. The van der Waals surface area contributed by atoms with E-state index in [1.165, 1.54) is 0 Å². The van der Waals surface area contributed by atoms with Crippen molar-refractivity contribution in [2.75, 3.05) is 0 Å². The molecule has 2 N–H and O–H groups in total. The van der Waals surface area contributed by atoms with Gasteiger partial charge in [-0.1, -0.05) is 30.3 Å². The predicted octanol–water partition coefficient (Wildman–Crippen LogP) is 2.15. The number of carbonyl (C=O) groups excluding carboxylic acids is 1. The summed E-state index contributed by atoms with van der Waals surface area (Å²) in [5.74, 6) is -0.344. The van der Waals surface area contributed by atoms with Crippen LogP contribution in [0.15, 0.2) is 41.4 Å². The molecule has 2 aromatic rings. The van der Waals surface area contributed by atoms with Gasteiger partial charge < -0.3 is 5.73 Å². The van der Waals surface area contributed by atoms with E-state index in [1.807, 2.05) is 36.4 Å². The Hall–Kier alpha value is -2.16. The minimum Gasteiger partial charge on any atom is -0.369 e. The third-order valence-electron chi connectivity index (χ3n) is 2.79. The molecule has 0 aromatic heterocycles. The average Bonchev–Trinajstić information content (AvgIpc) is 2.59. The average molecular weight is 210 g/mol. The molecule has 3 rings (SSSR count). The minimum absolute atomic E-state index is 0.202. The molecule has 0 radical (unpaired) electrons. The van der Waals surface area contributed by atoms with Crippen molar-refractivity contribution in [3.8, 4) is 0 Å². The molecule has 3 nitrogen and oxygen atoms in total. The Bertz CT molecular complexity index is 624. The number of aliphatic imine (C=N–C) groups is 1. The van der Waals surface area contributed by atoms with Gasteiger partial charge in [0.15, 0.2) is 0 Å². The summed E-state index contributed by atoms with van der Waals surface area (Å²) >= 11 is 0. The molecule has 0 bridgehead atoms. The van der Waals surface area contributed by atoms with Gasteiger partial charge in [-0.05, 0) is 11.5 Å². The maximum absolute atomic E-state index is 11.0. The normalized spacial score (nSPS) is 12.9. The van der Waals surface area contributed by atoms with Crippen LogP contribution in [0.2, 0.25) is 0 Å². The highest BCUT2D eigenvalue weighted by molar-refractivity contribution is 6.23. The molecule has 0 saturated carbocycles. The van der Waals surface area contributed by atoms with Gasteiger partial charge in [0, 0.05) is 10.9 Å². The van der Waals surface area contributed by atoms with Crippen molar-refractivity contribution in [2.45, 2.75) is 6.42 Å². The molecule has 78 valence electrons. The zero-order valence-electron chi connectivity index (χ0n) is 8.60. The molecule has 1 heterocycles. The Morgan fingerprint density at radius 3 is 2.69 bits per heavy atom. The molecule has 0 aliphatic carbocycles. The largest absolute Gasteiger partial charge is 0.369 e. The van der Waals surface area contributed by atoms with Gasteiger partial charge in [-0.25, -0.2) is 0 Å². The van der Waals surface area contributed by atoms with Crippen molar-refractivity contribution in [3.63, 3.8) is 0 Å². The second-order valence-electron chi connectivity index (χ2n) is 3.88. The second-order valence-corrected chi connectivity index (χ2v) is 3.88. The highest BCUT2D eigenvalue weighted by Crippen LogP contribution is 2.35. The van der Waals surface area contributed by atoms with Crippen molar-refractivity contribution >= 4 is 28.1 Å². The van der Waals surface area contributed by atoms with Crippen LogP contribution in [-0.4, -0.2) is 11.6 Å². The van der Waals surface area contributed by atoms with Crippen LogP contribution in [-0.2, 0) is 4.79 Å². The lowest BCUT2D eigenvalue weighted by atomic mass is 10.0. The molecule has 1 amide bonds. The molecule has 3 heteroatoms. The zero-order chi connectivity index (χ0) is 11.1. The summed E-state index contributed by atoms with van der Waals surface area (Å²) in [6.45, 7) is 0. The van der Waals surface area contributed by atoms with Crippen LogP contribution in [0.4, 0.5) is 5.69 Å². The van der Waals surface area contributed by atoms with Crippen LogP contribution < -0.4 is 5.73 Å². The fourth-order valence-corrected chi connectivity index (χ4v) is 2.16. The van der Waals surface area contributed by atoms with Crippen LogP contribution >= 0.6 is 0 Å². The molecule has 0 spiro atoms. The van der Waals surface area contributed by atoms with Gasteiger partial charge in [0.2, 0.25) is 5.91 Å². The van der Waals surface area contributed by atoms with Gasteiger partial charge in [0.05, 0.1) is 17.8 Å². The Labute approximate surface area is 92.6 Å². The van der Waals surface area contributed by atoms with Crippen LogP contribution in [0.1, 0.15) is 12.0 Å². The first-order valence-electron chi connectivity index (χ1n) is 5.14. The van der Waals surface area contributed by atoms with E-state index in [2.05, 4.69) is 4.99 Å². The minimum atomic E-state index is -0.344. The lowest BCUT2D eigenvalue weighted by molar-refractivity contribution is -0.116. The Morgan fingerprint density at radius 1 is 1.19 bits per heavy atom. The summed E-state index contributed by atoms with van der Waals surface area (Å²) in [5.41, 5.74) is 7.96. The topological polar surface area (TPSA) is 55.5 Å². The van der Waals surface area contributed by atoms with E-state index in [4.69, 9.17) is 5.73 Å². The Kier molecular flexibility index (Phi) is 1.80. The van der Waals surface area contributed by atoms with E-state index >= 15 is 0 Å². The zero-order valence-corrected chi connectivity index (χ0v) is 8.60. The van der Waals surface area contributed by atoms with Gasteiger partial charge >= 0.3 is 0 Å². The summed E-state index contributed by atoms with van der Waals surface area (Å²) < 4.78 is 0. The van der Waals surface area contributed by atoms with E-state index < -0.39 is 0 Å². The van der Waals surface area contributed by atoms with Crippen molar-refractivity contribution in [3.05, 3.63) is 42.0 Å². The van der Waals surface area contributed by atoms with Crippen molar-refractivity contribution in [1.82, 2.24) is 0 Å². The highest BCUT2D eigenvalue weighted by Gasteiger charge is 2.18. The van der Waals surface area contributed by atoms with Crippen molar-refractivity contribution in [2.24, 2.45) is 10.7 Å². The van der Waals surface area contributed by atoms with Gasteiger partial charge in [-0.15, -0.1) is 0 Å². The van der Waals surface area contributed by atoms with Gasteiger partial charge in [0.25, 0.3) is 0 Å². The van der Waals surface area contributed by atoms with Crippen LogP contribution in [0, 0.1) is 0 Å². The molecule has 0 fully saturated rings. The van der Waals surface area contributed by atoms with E-state index in [9.17, 15) is 4.79 Å². The number of amides is 1. The predicted molar refractivity (Wildman–Crippen MR) is 64.0 cm³/mol. The third kappa shape index (κ3) is 1.21. The number of hydrogen-bond acceptors (Lipinski definition) is 2. The first kappa shape index (κ1) is 9.09. The van der Waals surface area contributed by atoms with Crippen LogP contribution in [0.5, 0.6) is 0 Å². The first-order valence-corrected chi connectivity index (χ1v) is 5.14. The van der Waals surface area contributed by atoms with Crippen LogP contribution in [0.3, 0.4) is 0 Å². The fraction of sp³-hybridized carbons (Fsp3) is 0.0769. The summed E-state index contributed by atoms with van der Waals surface area (Å²) in [4.78, 5) is 15.4. The highest BCUT2D eigenvalue weighted by atomic mass is 16.1. The fourth-order valence-electron chi connectivity index (χ4n) is 2.16. The molecule has 16 heavy (non-hydrogen) atoms. The van der Waals surface area contributed by atoms with Crippen molar-refractivity contribution < 1.29 is 4.79 Å². The van der Waals surface area contributed by atoms with Gasteiger partial charge in [-0.3, -0.25) is 9.79 Å². The number of rotatable bonds is 2. The first-order chi connectivity index (χ1) is 7.75. The monoisotopic (exact) mass is 210 g/mol. The lowest BCUT2D eigenvalue weighted by Crippen LogP contribution is -2.15. The number of nitrogens with two attached hydrogens (primary N) is 1. The van der Waals surface area contributed by atoms with Gasteiger partial charge in [-0.2, -0.15) is 0 Å². The molecule has 1 aliphatic heterocycles. The standard InChI is InChI=1S/C13H10N2O/c14-12(16)7-11-9-5-1-3-8-4-2-6-10(15-11)13(8)9/h1-6H,7H2,(H2,14,16). The van der Waals surface area contributed by atoms with E-state index in [0.29, 0.717) is 0 Å². The summed E-state index contributed by atoms with van der Waals surface area (Å²) in [5, 5.41) is 2.28. The Morgan fingerprint density at radius 2 is 1.94 bits per heavy atom. The molecular formula is C13H10N2O. The molecule has 0 atom stereocenters. The number of hydrogen-bond donors (Lipinski definition) is 1. The molecule has 0 unspecified atom stereocenters. The Balaban J connectivity index is 2.25. The van der Waals surface area contributed by atoms with E-state index in [-0.39, 0.29) is 12.3 Å². The SMILES string of the molecule is NC(=O)CC1=Nc2cccc3cccc1c23. The molecular weight excluding hydrogens is 200 g/mol. The van der Waals surface area contributed by atoms with Gasteiger partial charge in [0.1, 0.15) is 0 Å². The van der Waals surface area contributed by atoms with E-state index in [0.717, 1.165) is 27.7 Å². The summed E-state index contributed by atoms with van der Waals surface area (Å²) in [6.07, 6.45) is 0.202. The third-order valence-corrected chi connectivity index (χ3v) is 2.79. The number of carbonyl (C=O) groups is 1. The van der Waals surface area contributed by atoms with Crippen LogP contribution in [0.25, 0.3) is 10.8 Å². The molecule has 2 aromatic carbocycles. The summed E-state index contributed by atoms with van der Waals surface area (Å²) in [6, 6.07) is 12.0. The maximum Gasteiger partial charge on any atom is 0.223 e. The smallest absolute Gasteiger partial charge is 0.223 e. The van der Waals surface area contributed by atoms with E-state index in [1.54, 1.807) is 0 Å². The summed E-state index contributed by atoms with van der Waals surface area (Å²) in [7, 11) is 0. The number of nitrogens with zero attached hydrogens (tertiary/aromatic N) is 1.